The number of hydrogen-bond donors (Lipinski definition) is 0. The van der Waals surface area contributed by atoms with E-state index in [0.717, 1.165) is 51.9 Å². The third-order valence-electron chi connectivity index (χ3n) is 8.84. The maximum absolute atomic E-state index is 11.6. The molecule has 5 heterocycles. The first-order valence-electron chi connectivity index (χ1n) is 16.5. The van der Waals surface area contributed by atoms with Crippen LogP contribution in [0.5, 0.6) is 0 Å². The van der Waals surface area contributed by atoms with Gasteiger partial charge in [0.2, 0.25) is 23.5 Å². The Hall–Kier alpha value is -5.02. The van der Waals surface area contributed by atoms with E-state index < -0.39 is 9.85 Å². The van der Waals surface area contributed by atoms with Crippen LogP contribution in [-0.2, 0) is 0 Å². The molecule has 6 rings (SSSR count). The highest BCUT2D eigenvalue weighted by Gasteiger charge is 2.30. The van der Waals surface area contributed by atoms with Crippen molar-refractivity contribution in [2.24, 2.45) is 11.8 Å². The van der Waals surface area contributed by atoms with E-state index in [9.17, 15) is 20.2 Å². The van der Waals surface area contributed by atoms with Gasteiger partial charge in [0.1, 0.15) is 23.0 Å². The van der Waals surface area contributed by atoms with Crippen LogP contribution < -0.4 is 9.80 Å². The Morgan fingerprint density at radius 2 is 1.35 bits per heavy atom. The molecule has 1 aliphatic carbocycles. The molecule has 1 aliphatic heterocycles. The molecule has 0 spiro atoms. The summed E-state index contributed by atoms with van der Waals surface area (Å²) < 4.78 is 3.30. The summed E-state index contributed by atoms with van der Waals surface area (Å²) in [5, 5.41) is 23.0. The second kappa shape index (κ2) is 14.8. The van der Waals surface area contributed by atoms with Crippen LogP contribution in [0.4, 0.5) is 23.3 Å². The fraction of sp³-hybridized carbons (Fsp3) is 0.562. The van der Waals surface area contributed by atoms with Gasteiger partial charge in [0, 0.05) is 51.0 Å². The first-order chi connectivity index (χ1) is 23.0. The Bertz CT molecular complexity index is 1760. The van der Waals surface area contributed by atoms with E-state index >= 15 is 0 Å². The van der Waals surface area contributed by atoms with Crippen molar-refractivity contribution in [2.45, 2.75) is 80.1 Å². The molecule has 4 aromatic rings. The summed E-state index contributed by atoms with van der Waals surface area (Å²) in [4.78, 5) is 52.7. The molecule has 0 N–H and O–H groups in total. The smallest absolute Gasteiger partial charge is 0.333 e. The molecule has 0 atom stereocenters. The summed E-state index contributed by atoms with van der Waals surface area (Å²) in [6.45, 7) is 14.9. The Balaban J connectivity index is 0.000000188. The van der Waals surface area contributed by atoms with Crippen molar-refractivity contribution < 1.29 is 9.85 Å². The van der Waals surface area contributed by atoms with Gasteiger partial charge in [0.05, 0.1) is 9.85 Å². The number of rotatable bonds is 11. The zero-order valence-corrected chi connectivity index (χ0v) is 28.5. The van der Waals surface area contributed by atoms with E-state index in [1.807, 2.05) is 0 Å². The van der Waals surface area contributed by atoms with Crippen molar-refractivity contribution in [3.05, 3.63) is 68.1 Å². The van der Waals surface area contributed by atoms with Gasteiger partial charge in [-0.1, -0.05) is 20.3 Å². The van der Waals surface area contributed by atoms with Gasteiger partial charge in [-0.05, 0) is 71.6 Å². The summed E-state index contributed by atoms with van der Waals surface area (Å²) in [6.07, 6.45) is 13.4. The van der Waals surface area contributed by atoms with Crippen LogP contribution in [0.15, 0.2) is 24.8 Å². The van der Waals surface area contributed by atoms with Gasteiger partial charge in [-0.3, -0.25) is 29.4 Å². The Morgan fingerprint density at radius 3 is 1.83 bits per heavy atom. The Morgan fingerprint density at radius 1 is 0.812 bits per heavy atom. The van der Waals surface area contributed by atoms with Crippen molar-refractivity contribution in [3.63, 3.8) is 0 Å². The lowest BCUT2D eigenvalue weighted by Gasteiger charge is -2.30. The van der Waals surface area contributed by atoms with Crippen LogP contribution in [0, 0.1) is 59.8 Å². The number of aromatic nitrogens is 8. The zero-order chi connectivity index (χ0) is 34.5. The van der Waals surface area contributed by atoms with E-state index in [-0.39, 0.29) is 17.2 Å². The number of unbranched alkanes of at least 4 members (excludes halogenated alkanes) is 1. The predicted octanol–water partition coefficient (Wildman–Crippen LogP) is 5.63. The third-order valence-corrected chi connectivity index (χ3v) is 8.84. The Kier molecular flexibility index (Phi) is 10.6. The molecule has 2 aliphatic rings. The number of aryl methyl sites for hydroxylation is 4. The highest BCUT2D eigenvalue weighted by molar-refractivity contribution is 5.55. The molecule has 16 heteroatoms. The van der Waals surface area contributed by atoms with E-state index in [4.69, 9.17) is 0 Å². The molecule has 0 aromatic carbocycles. The average molecular weight is 661 g/mol. The van der Waals surface area contributed by atoms with Crippen molar-refractivity contribution >= 4 is 23.3 Å². The largest absolute Gasteiger partial charge is 0.341 e. The number of imidazole rings is 2. The van der Waals surface area contributed by atoms with Gasteiger partial charge in [-0.15, -0.1) is 0 Å². The highest BCUT2D eigenvalue weighted by Crippen LogP contribution is 2.33. The molecular formula is C32H44N12O4. The predicted molar refractivity (Wildman–Crippen MR) is 181 cm³/mol. The van der Waals surface area contributed by atoms with Crippen LogP contribution in [0.2, 0.25) is 0 Å². The lowest BCUT2D eigenvalue weighted by molar-refractivity contribution is -0.385. The van der Waals surface area contributed by atoms with E-state index in [1.54, 1.807) is 61.6 Å². The van der Waals surface area contributed by atoms with Gasteiger partial charge in [-0.2, -0.15) is 9.97 Å². The first kappa shape index (κ1) is 34.3. The SMILES string of the molecule is CCCCN(CC1CC1)c1nc(C)c([N+](=O)[O-])c(-n2ccnc2C)n1.Cc1nc(N2CCC(C)CC2)nc(-n2ccnc2C)c1[N+](=O)[O-]. The maximum atomic E-state index is 11.6. The summed E-state index contributed by atoms with van der Waals surface area (Å²) >= 11 is 0. The molecule has 16 nitrogen and oxygen atoms in total. The molecule has 256 valence electrons. The maximum Gasteiger partial charge on any atom is 0.333 e. The molecular weight excluding hydrogens is 616 g/mol. The summed E-state index contributed by atoms with van der Waals surface area (Å²) in [5.74, 6) is 4.41. The zero-order valence-electron chi connectivity index (χ0n) is 28.5. The quantitative estimate of drug-likeness (QED) is 0.143. The minimum absolute atomic E-state index is 0.0632. The van der Waals surface area contributed by atoms with Gasteiger partial charge in [-0.25, -0.2) is 19.9 Å². The fourth-order valence-corrected chi connectivity index (χ4v) is 5.77. The normalized spacial score (nSPS) is 14.8. The second-order valence-corrected chi connectivity index (χ2v) is 12.7. The third kappa shape index (κ3) is 7.74. The van der Waals surface area contributed by atoms with Crippen molar-refractivity contribution in [2.75, 3.05) is 36.0 Å². The average Bonchev–Trinajstić information content (AvgIpc) is 3.60. The van der Waals surface area contributed by atoms with Crippen LogP contribution in [0.25, 0.3) is 11.6 Å². The molecule has 1 saturated carbocycles. The van der Waals surface area contributed by atoms with Crippen LogP contribution >= 0.6 is 0 Å². The second-order valence-electron chi connectivity index (χ2n) is 12.7. The summed E-state index contributed by atoms with van der Waals surface area (Å²) in [5.41, 5.74) is 0.629. The molecule has 0 radical (unpaired) electrons. The molecule has 0 unspecified atom stereocenters. The minimum atomic E-state index is -0.424. The van der Waals surface area contributed by atoms with Crippen LogP contribution in [0.1, 0.15) is 75.4 Å². The number of piperidine rings is 1. The highest BCUT2D eigenvalue weighted by atomic mass is 16.6. The van der Waals surface area contributed by atoms with E-state index in [0.29, 0.717) is 52.6 Å². The standard InChI is InChI=1S/C17H24N6O2.C15H20N6O2/c1-4-5-9-21(11-14-6-7-14)17-19-12(2)15(23(24)25)16(20-17)22-10-8-18-13(22)3;1-10-4-7-19(8-5-10)15-17-11(2)13(21(22)23)14(18-15)20-9-6-16-12(20)3/h8,10,14H,4-7,9,11H2,1-3H3;6,9-10H,4-5,7-8H2,1-3H3. The van der Waals surface area contributed by atoms with Crippen molar-refractivity contribution in [1.82, 2.24) is 39.0 Å². The molecule has 1 saturated heterocycles. The number of anilines is 2. The van der Waals surface area contributed by atoms with Crippen molar-refractivity contribution in [3.8, 4) is 11.6 Å². The van der Waals surface area contributed by atoms with Gasteiger partial charge < -0.3 is 9.80 Å². The van der Waals surface area contributed by atoms with Gasteiger partial charge >= 0.3 is 11.4 Å². The van der Waals surface area contributed by atoms with Crippen molar-refractivity contribution in [1.29, 1.82) is 0 Å². The molecule has 2 fully saturated rings. The molecule has 0 amide bonds. The lowest BCUT2D eigenvalue weighted by atomic mass is 10.00. The molecule has 48 heavy (non-hydrogen) atoms. The number of nitrogens with zero attached hydrogens (tertiary/aromatic N) is 12. The Labute approximate surface area is 279 Å². The number of nitro groups is 2. The first-order valence-corrected chi connectivity index (χ1v) is 16.5. The van der Waals surface area contributed by atoms with Gasteiger partial charge in [0.25, 0.3) is 0 Å². The molecule has 0 bridgehead atoms. The summed E-state index contributed by atoms with van der Waals surface area (Å²) in [7, 11) is 0. The minimum Gasteiger partial charge on any atom is -0.341 e. The van der Waals surface area contributed by atoms with Crippen LogP contribution in [0.3, 0.4) is 0 Å². The monoisotopic (exact) mass is 660 g/mol. The van der Waals surface area contributed by atoms with Crippen LogP contribution in [-0.4, -0.2) is 75.1 Å². The fourth-order valence-electron chi connectivity index (χ4n) is 5.77. The number of hydrogen-bond acceptors (Lipinski definition) is 12. The van der Waals surface area contributed by atoms with E-state index in [2.05, 4.69) is 53.6 Å². The van der Waals surface area contributed by atoms with E-state index in [1.165, 1.54) is 12.8 Å². The topological polar surface area (TPSA) is 180 Å². The van der Waals surface area contributed by atoms with Gasteiger partial charge in [0.15, 0.2) is 0 Å². The summed E-state index contributed by atoms with van der Waals surface area (Å²) in [6, 6.07) is 0. The lowest BCUT2D eigenvalue weighted by Crippen LogP contribution is -2.34. The molecule has 4 aromatic heterocycles.